The van der Waals surface area contributed by atoms with Crippen molar-refractivity contribution in [2.75, 3.05) is 4.90 Å². The molecule has 0 aliphatic heterocycles. The molecule has 0 atom stereocenters. The molecule has 0 unspecified atom stereocenters. The van der Waals surface area contributed by atoms with Crippen molar-refractivity contribution in [3.8, 4) is 39.1 Å². The fourth-order valence-electron chi connectivity index (χ4n) is 8.42. The third kappa shape index (κ3) is 5.88. The van der Waals surface area contributed by atoms with Gasteiger partial charge in [0, 0.05) is 53.7 Å². The quantitative estimate of drug-likeness (QED) is 0.158. The molecule has 9 aromatic carbocycles. The second kappa shape index (κ2) is 13.8. The SMILES string of the molecule is c1ccc(-c2ccc(N(c3ccc(-c4cccc(-c5ccc6c(c5)c5ccccc5n6-c5ccccc5)c4)cc3)c3ccc4sc5ccccc5c4c3)cc2)cc1. The number of para-hydroxylation sites is 2. The van der Waals surface area contributed by atoms with Gasteiger partial charge >= 0.3 is 0 Å². The number of benzene rings is 9. The molecular weight excluding hydrogens is 709 g/mol. The minimum Gasteiger partial charge on any atom is -0.310 e. The Bertz CT molecular complexity index is 3210. The zero-order valence-electron chi connectivity index (χ0n) is 31.1. The van der Waals surface area contributed by atoms with Crippen LogP contribution in [0.4, 0.5) is 17.1 Å². The summed E-state index contributed by atoms with van der Waals surface area (Å²) in [6, 6.07) is 79.3. The van der Waals surface area contributed by atoms with Gasteiger partial charge in [0.15, 0.2) is 0 Å². The number of thiophene rings is 1. The minimum atomic E-state index is 1.11. The van der Waals surface area contributed by atoms with E-state index >= 15 is 0 Å². The fourth-order valence-corrected chi connectivity index (χ4v) is 9.51. The van der Waals surface area contributed by atoms with Gasteiger partial charge in [-0.25, -0.2) is 0 Å². The molecule has 268 valence electrons. The maximum absolute atomic E-state index is 2.38. The number of anilines is 3. The Hall–Kier alpha value is -7.20. The third-order valence-electron chi connectivity index (χ3n) is 11.2. The first kappa shape index (κ1) is 33.2. The van der Waals surface area contributed by atoms with Crippen molar-refractivity contribution in [1.29, 1.82) is 0 Å². The fraction of sp³-hybridized carbons (Fsp3) is 0. The predicted octanol–water partition coefficient (Wildman–Crippen LogP) is 15.6. The Morgan fingerprint density at radius 3 is 1.56 bits per heavy atom. The summed E-state index contributed by atoms with van der Waals surface area (Å²) < 4.78 is 4.98. The van der Waals surface area contributed by atoms with Crippen LogP contribution in [0.5, 0.6) is 0 Å². The molecule has 0 radical (unpaired) electrons. The van der Waals surface area contributed by atoms with Crippen LogP contribution in [-0.2, 0) is 0 Å². The van der Waals surface area contributed by atoms with Crippen LogP contribution >= 0.6 is 11.3 Å². The summed E-state index contributed by atoms with van der Waals surface area (Å²) in [7, 11) is 0. The first-order valence-electron chi connectivity index (χ1n) is 19.4. The van der Waals surface area contributed by atoms with Gasteiger partial charge in [0.05, 0.1) is 11.0 Å². The van der Waals surface area contributed by atoms with Crippen molar-refractivity contribution < 1.29 is 0 Å². The largest absolute Gasteiger partial charge is 0.310 e. The van der Waals surface area contributed by atoms with Gasteiger partial charge in [-0.1, -0.05) is 133 Å². The average molecular weight is 745 g/mol. The Kier molecular flexibility index (Phi) is 8.04. The van der Waals surface area contributed by atoms with E-state index < -0.39 is 0 Å². The monoisotopic (exact) mass is 744 g/mol. The molecule has 0 N–H and O–H groups in total. The molecule has 3 heteroatoms. The molecule has 2 nitrogen and oxygen atoms in total. The summed E-state index contributed by atoms with van der Waals surface area (Å²) in [4.78, 5) is 2.38. The van der Waals surface area contributed by atoms with E-state index in [9.17, 15) is 0 Å². The topological polar surface area (TPSA) is 8.17 Å². The zero-order chi connectivity index (χ0) is 37.7. The van der Waals surface area contributed by atoms with E-state index in [0.717, 1.165) is 17.1 Å². The van der Waals surface area contributed by atoms with E-state index in [1.165, 1.54) is 81.0 Å². The van der Waals surface area contributed by atoms with Crippen LogP contribution in [0.2, 0.25) is 0 Å². The lowest BCUT2D eigenvalue weighted by atomic mass is 9.97. The second-order valence-corrected chi connectivity index (χ2v) is 15.7. The molecule has 0 amide bonds. The molecule has 0 saturated carbocycles. The van der Waals surface area contributed by atoms with Crippen LogP contribution in [0.3, 0.4) is 0 Å². The first-order valence-corrected chi connectivity index (χ1v) is 20.2. The molecule has 0 saturated heterocycles. The molecule has 2 heterocycles. The molecule has 0 spiro atoms. The molecule has 11 aromatic rings. The zero-order valence-corrected chi connectivity index (χ0v) is 31.9. The van der Waals surface area contributed by atoms with Crippen LogP contribution < -0.4 is 4.90 Å². The molecule has 0 bridgehead atoms. The van der Waals surface area contributed by atoms with Gasteiger partial charge in [0.1, 0.15) is 0 Å². The molecule has 11 rings (SSSR count). The second-order valence-electron chi connectivity index (χ2n) is 14.6. The van der Waals surface area contributed by atoms with Gasteiger partial charge < -0.3 is 9.47 Å². The summed E-state index contributed by atoms with van der Waals surface area (Å²) in [5, 5.41) is 5.10. The van der Waals surface area contributed by atoms with Gasteiger partial charge in [0.2, 0.25) is 0 Å². The van der Waals surface area contributed by atoms with E-state index in [0.29, 0.717) is 0 Å². The Morgan fingerprint density at radius 2 is 0.807 bits per heavy atom. The molecule has 0 aliphatic rings. The van der Waals surface area contributed by atoms with Gasteiger partial charge in [-0.3, -0.25) is 0 Å². The summed E-state index contributed by atoms with van der Waals surface area (Å²) >= 11 is 1.85. The van der Waals surface area contributed by atoms with Gasteiger partial charge in [0.25, 0.3) is 0 Å². The van der Waals surface area contributed by atoms with Crippen LogP contribution in [-0.4, -0.2) is 4.57 Å². The van der Waals surface area contributed by atoms with Crippen molar-refractivity contribution >= 4 is 70.4 Å². The third-order valence-corrected chi connectivity index (χ3v) is 12.3. The number of hydrogen-bond donors (Lipinski definition) is 0. The van der Waals surface area contributed by atoms with Crippen LogP contribution in [0, 0.1) is 0 Å². The van der Waals surface area contributed by atoms with Gasteiger partial charge in [-0.2, -0.15) is 0 Å². The van der Waals surface area contributed by atoms with E-state index in [4.69, 9.17) is 0 Å². The van der Waals surface area contributed by atoms with E-state index in [-0.39, 0.29) is 0 Å². The number of nitrogens with zero attached hydrogens (tertiary/aromatic N) is 2. The highest BCUT2D eigenvalue weighted by atomic mass is 32.1. The van der Waals surface area contributed by atoms with Crippen LogP contribution in [0.15, 0.2) is 218 Å². The average Bonchev–Trinajstić information content (AvgIpc) is 3.83. The predicted molar refractivity (Wildman–Crippen MR) is 245 cm³/mol. The summed E-state index contributed by atoms with van der Waals surface area (Å²) in [5.74, 6) is 0. The first-order chi connectivity index (χ1) is 28.2. The number of rotatable bonds is 7. The van der Waals surface area contributed by atoms with Crippen LogP contribution in [0.1, 0.15) is 0 Å². The van der Waals surface area contributed by atoms with Crippen molar-refractivity contribution in [3.05, 3.63) is 218 Å². The van der Waals surface area contributed by atoms with E-state index in [2.05, 4.69) is 228 Å². The van der Waals surface area contributed by atoms with E-state index in [1.807, 2.05) is 11.3 Å². The van der Waals surface area contributed by atoms with Crippen molar-refractivity contribution in [3.63, 3.8) is 0 Å². The smallest absolute Gasteiger partial charge is 0.0541 e. The number of fused-ring (bicyclic) bond motifs is 6. The normalized spacial score (nSPS) is 11.5. The van der Waals surface area contributed by atoms with Gasteiger partial charge in [-0.15, -0.1) is 11.3 Å². The Labute approximate surface area is 335 Å². The number of aromatic nitrogens is 1. The molecule has 0 aliphatic carbocycles. The van der Waals surface area contributed by atoms with Gasteiger partial charge in [-0.05, 0) is 118 Å². The number of hydrogen-bond acceptors (Lipinski definition) is 2. The Balaban J connectivity index is 0.968. The minimum absolute atomic E-state index is 1.11. The Morgan fingerprint density at radius 1 is 0.298 bits per heavy atom. The molecule has 57 heavy (non-hydrogen) atoms. The van der Waals surface area contributed by atoms with Crippen molar-refractivity contribution in [1.82, 2.24) is 4.57 Å². The highest BCUT2D eigenvalue weighted by Crippen LogP contribution is 2.42. The lowest BCUT2D eigenvalue weighted by Crippen LogP contribution is -2.09. The lowest BCUT2D eigenvalue weighted by molar-refractivity contribution is 1.18. The standard InChI is InChI=1S/C54H36N2S/c1-3-12-37(13-4-1)38-22-27-44(28-23-38)55(46-31-33-54-50(36-46)48-19-8-10-21-53(48)57-54)45-29-24-39(25-30-45)40-14-11-15-41(34-40)42-26-32-52-49(35-42)47-18-7-9-20-51(47)56(52)43-16-5-2-6-17-43/h1-36H. The lowest BCUT2D eigenvalue weighted by Gasteiger charge is -2.26. The summed E-state index contributed by atoms with van der Waals surface area (Å²) in [6.45, 7) is 0. The van der Waals surface area contributed by atoms with Crippen LogP contribution in [0.25, 0.3) is 81.0 Å². The summed E-state index contributed by atoms with van der Waals surface area (Å²) in [6.07, 6.45) is 0. The molecular formula is C54H36N2S. The van der Waals surface area contributed by atoms with Crippen molar-refractivity contribution in [2.24, 2.45) is 0 Å². The van der Waals surface area contributed by atoms with E-state index in [1.54, 1.807) is 0 Å². The van der Waals surface area contributed by atoms with Crippen molar-refractivity contribution in [2.45, 2.75) is 0 Å². The highest BCUT2D eigenvalue weighted by Gasteiger charge is 2.17. The molecule has 0 fully saturated rings. The summed E-state index contributed by atoms with van der Waals surface area (Å²) in [5.41, 5.74) is 14.2. The maximum Gasteiger partial charge on any atom is 0.0541 e. The molecule has 2 aromatic heterocycles. The maximum atomic E-state index is 2.38. The highest BCUT2D eigenvalue weighted by molar-refractivity contribution is 7.25.